The molecule has 0 aliphatic carbocycles. The maximum atomic E-state index is 12.4. The molecule has 0 atom stereocenters. The summed E-state index contributed by atoms with van der Waals surface area (Å²) in [6.07, 6.45) is 1.47. The van der Waals surface area contributed by atoms with Crippen LogP contribution in [-0.2, 0) is 9.59 Å². The summed E-state index contributed by atoms with van der Waals surface area (Å²) in [7, 11) is 0. The number of halogens is 1. The van der Waals surface area contributed by atoms with Gasteiger partial charge in [-0.25, -0.2) is 4.79 Å². The van der Waals surface area contributed by atoms with Crippen LogP contribution in [0.2, 0.25) is 0 Å². The van der Waals surface area contributed by atoms with Crippen molar-refractivity contribution >= 4 is 46.2 Å². The Morgan fingerprint density at radius 1 is 1.22 bits per heavy atom. The van der Waals surface area contributed by atoms with Crippen LogP contribution in [0.25, 0.3) is 6.08 Å². The number of hydrogen-bond acceptors (Lipinski definition) is 4. The molecule has 0 unspecified atom stereocenters. The van der Waals surface area contributed by atoms with Crippen LogP contribution >= 0.6 is 22.6 Å². The number of aliphatic carboxylic acids is 1. The van der Waals surface area contributed by atoms with Crippen molar-refractivity contribution in [1.82, 2.24) is 0 Å². The summed E-state index contributed by atoms with van der Waals surface area (Å²) in [5.41, 5.74) is 3.37. The van der Waals surface area contributed by atoms with Crippen molar-refractivity contribution in [1.29, 1.82) is 5.26 Å². The summed E-state index contributed by atoms with van der Waals surface area (Å²) in [6, 6.07) is 12.4. The van der Waals surface area contributed by atoms with Crippen LogP contribution in [-0.4, -0.2) is 23.6 Å². The lowest BCUT2D eigenvalue weighted by atomic mass is 10.1. The minimum Gasteiger partial charge on any atom is -0.481 e. The number of nitriles is 1. The van der Waals surface area contributed by atoms with Crippen LogP contribution in [0.3, 0.4) is 0 Å². The normalized spacial score (nSPS) is 10.8. The first kappa shape index (κ1) is 20.5. The average molecular weight is 476 g/mol. The van der Waals surface area contributed by atoms with E-state index in [-0.39, 0.29) is 5.57 Å². The largest absolute Gasteiger partial charge is 0.481 e. The Balaban J connectivity index is 2.18. The van der Waals surface area contributed by atoms with Crippen LogP contribution in [0.15, 0.2) is 42.0 Å². The number of anilines is 1. The third-order valence-corrected chi connectivity index (χ3v) is 4.59. The lowest BCUT2D eigenvalue weighted by Crippen LogP contribution is -2.13. The summed E-state index contributed by atoms with van der Waals surface area (Å²) < 4.78 is 5.84. The molecule has 0 bridgehead atoms. The molecule has 0 saturated carbocycles. The van der Waals surface area contributed by atoms with Crippen molar-refractivity contribution in [2.45, 2.75) is 13.8 Å². The van der Waals surface area contributed by atoms with Crippen molar-refractivity contribution in [2.24, 2.45) is 0 Å². The van der Waals surface area contributed by atoms with E-state index in [9.17, 15) is 14.9 Å². The van der Waals surface area contributed by atoms with Gasteiger partial charge >= 0.3 is 5.97 Å². The molecule has 7 heteroatoms. The molecule has 0 heterocycles. The number of carboxylic acid groups (broad SMARTS) is 1. The molecule has 2 aromatic rings. The molecule has 2 rings (SSSR count). The Hall–Kier alpha value is -2.86. The summed E-state index contributed by atoms with van der Waals surface area (Å²) in [5, 5.41) is 20.7. The number of carbonyl (C=O) groups is 2. The number of amides is 1. The molecule has 6 nitrogen and oxygen atoms in total. The molecular weight excluding hydrogens is 459 g/mol. The molecule has 0 saturated heterocycles. The van der Waals surface area contributed by atoms with E-state index in [0.29, 0.717) is 20.6 Å². The molecule has 2 aromatic carbocycles. The van der Waals surface area contributed by atoms with E-state index in [1.54, 1.807) is 24.3 Å². The molecule has 2 N–H and O–H groups in total. The maximum Gasteiger partial charge on any atom is 0.341 e. The zero-order valence-corrected chi connectivity index (χ0v) is 16.9. The van der Waals surface area contributed by atoms with Gasteiger partial charge in [0.1, 0.15) is 17.4 Å². The highest BCUT2D eigenvalue weighted by molar-refractivity contribution is 14.1. The van der Waals surface area contributed by atoms with E-state index < -0.39 is 18.5 Å². The van der Waals surface area contributed by atoms with E-state index in [4.69, 9.17) is 9.84 Å². The van der Waals surface area contributed by atoms with Crippen molar-refractivity contribution in [3.8, 4) is 11.8 Å². The highest BCUT2D eigenvalue weighted by atomic mass is 127. The molecule has 0 spiro atoms. The summed E-state index contributed by atoms with van der Waals surface area (Å²) >= 11 is 2.00. The number of hydrogen-bond donors (Lipinski definition) is 2. The van der Waals surface area contributed by atoms with E-state index in [2.05, 4.69) is 5.32 Å². The molecule has 0 fully saturated rings. The third kappa shape index (κ3) is 5.82. The quantitative estimate of drug-likeness (QED) is 0.374. The second-order valence-corrected chi connectivity index (χ2v) is 6.96. The highest BCUT2D eigenvalue weighted by Gasteiger charge is 2.11. The molecule has 138 valence electrons. The fourth-order valence-electron chi connectivity index (χ4n) is 2.20. The standard InChI is InChI=1S/C20H17IN2O4/c1-12-3-5-16(7-13(12)2)23-20(26)15(10-22)8-14-4-6-18(17(21)9-14)27-11-19(24)25/h3-9H,11H2,1-2H3,(H,23,26)(H,24,25)/b15-8+. The minimum atomic E-state index is -1.07. The smallest absolute Gasteiger partial charge is 0.341 e. The Labute approximate surface area is 170 Å². The fraction of sp³-hybridized carbons (Fsp3) is 0.150. The number of ether oxygens (including phenoxy) is 1. The van der Waals surface area contributed by atoms with Gasteiger partial charge in [-0.3, -0.25) is 4.79 Å². The van der Waals surface area contributed by atoms with Gasteiger partial charge in [0, 0.05) is 5.69 Å². The Bertz CT molecular complexity index is 961. The Morgan fingerprint density at radius 2 is 1.96 bits per heavy atom. The van der Waals surface area contributed by atoms with Crippen molar-refractivity contribution in [3.05, 3.63) is 62.2 Å². The lowest BCUT2D eigenvalue weighted by Gasteiger charge is -2.08. The number of nitrogens with zero attached hydrogens (tertiary/aromatic N) is 1. The predicted octanol–water partition coefficient (Wildman–Crippen LogP) is 3.92. The molecular formula is C20H17IN2O4. The third-order valence-electron chi connectivity index (χ3n) is 3.75. The molecule has 27 heavy (non-hydrogen) atoms. The van der Waals surface area contributed by atoms with Gasteiger partial charge in [0.25, 0.3) is 5.91 Å². The Morgan fingerprint density at radius 3 is 2.56 bits per heavy atom. The van der Waals surface area contributed by atoms with Gasteiger partial charge in [-0.05, 0) is 83.5 Å². The summed E-state index contributed by atoms with van der Waals surface area (Å²) in [5.74, 6) is -1.14. The van der Waals surface area contributed by atoms with Crippen molar-refractivity contribution < 1.29 is 19.4 Å². The number of benzene rings is 2. The van der Waals surface area contributed by atoms with Gasteiger partial charge in [-0.2, -0.15) is 5.26 Å². The highest BCUT2D eigenvalue weighted by Crippen LogP contribution is 2.23. The number of aryl methyl sites for hydroxylation is 2. The molecule has 0 radical (unpaired) electrons. The van der Waals surface area contributed by atoms with E-state index in [1.807, 2.05) is 54.6 Å². The van der Waals surface area contributed by atoms with Crippen LogP contribution in [0.4, 0.5) is 5.69 Å². The van der Waals surface area contributed by atoms with E-state index in [1.165, 1.54) is 6.08 Å². The second-order valence-electron chi connectivity index (χ2n) is 5.80. The van der Waals surface area contributed by atoms with Gasteiger partial charge in [0.2, 0.25) is 0 Å². The summed E-state index contributed by atoms with van der Waals surface area (Å²) in [6.45, 7) is 3.49. The molecule has 0 aliphatic heterocycles. The first-order valence-corrected chi connectivity index (χ1v) is 9.02. The van der Waals surface area contributed by atoms with Crippen molar-refractivity contribution in [2.75, 3.05) is 11.9 Å². The fourth-order valence-corrected chi connectivity index (χ4v) is 2.89. The van der Waals surface area contributed by atoms with Crippen LogP contribution in [0.5, 0.6) is 5.75 Å². The summed E-state index contributed by atoms with van der Waals surface area (Å²) in [4.78, 5) is 23.0. The first-order chi connectivity index (χ1) is 12.8. The zero-order chi connectivity index (χ0) is 20.0. The van der Waals surface area contributed by atoms with Crippen LogP contribution in [0.1, 0.15) is 16.7 Å². The predicted molar refractivity (Wildman–Crippen MR) is 110 cm³/mol. The SMILES string of the molecule is Cc1ccc(NC(=O)/C(C#N)=C/c2ccc(OCC(=O)O)c(I)c2)cc1C. The zero-order valence-electron chi connectivity index (χ0n) is 14.7. The van der Waals surface area contributed by atoms with Gasteiger partial charge in [-0.1, -0.05) is 12.1 Å². The van der Waals surface area contributed by atoms with Gasteiger partial charge in [-0.15, -0.1) is 0 Å². The lowest BCUT2D eigenvalue weighted by molar-refractivity contribution is -0.139. The maximum absolute atomic E-state index is 12.4. The number of nitrogens with one attached hydrogen (secondary N) is 1. The molecule has 0 aliphatic rings. The van der Waals surface area contributed by atoms with Gasteiger partial charge in [0.15, 0.2) is 6.61 Å². The van der Waals surface area contributed by atoms with Gasteiger partial charge in [0.05, 0.1) is 3.57 Å². The number of carbonyl (C=O) groups excluding carboxylic acids is 1. The number of carboxylic acids is 1. The molecule has 0 aromatic heterocycles. The van der Waals surface area contributed by atoms with Crippen LogP contribution in [0, 0.1) is 28.7 Å². The number of rotatable bonds is 6. The van der Waals surface area contributed by atoms with E-state index >= 15 is 0 Å². The first-order valence-electron chi connectivity index (χ1n) is 7.94. The average Bonchev–Trinajstić information content (AvgIpc) is 2.61. The van der Waals surface area contributed by atoms with Gasteiger partial charge < -0.3 is 15.2 Å². The Kier molecular flexibility index (Phi) is 6.96. The monoisotopic (exact) mass is 476 g/mol. The molecule has 1 amide bonds. The van der Waals surface area contributed by atoms with Crippen molar-refractivity contribution in [3.63, 3.8) is 0 Å². The minimum absolute atomic E-state index is 0.0387. The van der Waals surface area contributed by atoms with E-state index in [0.717, 1.165) is 11.1 Å². The topological polar surface area (TPSA) is 99.4 Å². The van der Waals surface area contributed by atoms with Crippen LogP contribution < -0.4 is 10.1 Å². The second kappa shape index (κ2) is 9.19.